The highest BCUT2D eigenvalue weighted by Crippen LogP contribution is 2.20. The van der Waals surface area contributed by atoms with Gasteiger partial charge >= 0.3 is 0 Å². The van der Waals surface area contributed by atoms with Gasteiger partial charge < -0.3 is 10.1 Å². The molecule has 20 heavy (non-hydrogen) atoms. The zero-order valence-electron chi connectivity index (χ0n) is 10.3. The first-order valence-electron chi connectivity index (χ1n) is 5.94. The third-order valence-corrected chi connectivity index (χ3v) is 2.89. The summed E-state index contributed by atoms with van der Waals surface area (Å²) in [4.78, 5) is 7.19. The Morgan fingerprint density at radius 3 is 2.75 bits per heavy atom. The Kier molecular flexibility index (Phi) is 2.95. The van der Waals surface area contributed by atoms with Crippen LogP contribution in [0.5, 0.6) is 0 Å². The van der Waals surface area contributed by atoms with E-state index in [2.05, 4.69) is 9.97 Å². The zero-order valence-corrected chi connectivity index (χ0v) is 10.3. The average molecular weight is 272 g/mol. The first-order chi connectivity index (χ1) is 9.63. The molecule has 2 N–H and O–H groups in total. The van der Waals surface area contributed by atoms with Gasteiger partial charge in [-0.1, -0.05) is 12.1 Å². The Hall–Kier alpha value is -2.69. The van der Waals surface area contributed by atoms with Gasteiger partial charge in [-0.05, 0) is 30.3 Å². The summed E-state index contributed by atoms with van der Waals surface area (Å²) in [6.07, 6.45) is 1.26. The molecule has 0 aliphatic carbocycles. The molecule has 0 fully saturated rings. The van der Waals surface area contributed by atoms with Crippen molar-refractivity contribution in [1.29, 1.82) is 0 Å². The number of para-hydroxylation sites is 2. The molecule has 3 rings (SSSR count). The summed E-state index contributed by atoms with van der Waals surface area (Å²) >= 11 is 0. The van der Waals surface area contributed by atoms with Gasteiger partial charge in [-0.15, -0.1) is 0 Å². The third kappa shape index (κ3) is 2.25. The number of aliphatic hydroxyl groups excluding tert-OH is 1. The van der Waals surface area contributed by atoms with E-state index in [1.807, 2.05) is 24.3 Å². The lowest BCUT2D eigenvalue weighted by atomic mass is 10.1. The van der Waals surface area contributed by atoms with Crippen LogP contribution in [0.1, 0.15) is 11.4 Å². The number of hydrogen-bond donors (Lipinski definition) is 2. The molecule has 0 amide bonds. The van der Waals surface area contributed by atoms with Crippen LogP contribution in [0.25, 0.3) is 22.9 Å². The van der Waals surface area contributed by atoms with E-state index in [1.54, 1.807) is 0 Å². The second kappa shape index (κ2) is 4.77. The largest absolute Gasteiger partial charge is 0.507 e. The Balaban J connectivity index is 2.04. The summed E-state index contributed by atoms with van der Waals surface area (Å²) in [5.74, 6) is -1.34. The highest BCUT2D eigenvalue weighted by atomic mass is 19.1. The van der Waals surface area contributed by atoms with Crippen LogP contribution in [-0.2, 0) is 0 Å². The molecule has 0 aliphatic rings. The first kappa shape index (κ1) is 12.3. The molecule has 0 spiro atoms. The fourth-order valence-corrected chi connectivity index (χ4v) is 1.94. The Bertz CT molecular complexity index is 775. The highest BCUT2D eigenvalue weighted by molar-refractivity contribution is 5.80. The molecular weight excluding hydrogens is 262 g/mol. The molecule has 1 aromatic heterocycles. The molecule has 1 heterocycles. The highest BCUT2D eigenvalue weighted by Gasteiger charge is 2.09. The lowest BCUT2D eigenvalue weighted by Crippen LogP contribution is -1.91. The standard InChI is InChI=1S/C15H10F2N2O/c16-9-5-6-11(17)10(7-9)14(20)8-15-18-12-3-1-2-4-13(12)19-15/h1-8,20H,(H,18,19). The number of aromatic nitrogens is 2. The lowest BCUT2D eigenvalue weighted by Gasteiger charge is -2.01. The molecule has 0 saturated carbocycles. The number of aromatic amines is 1. The predicted octanol–water partition coefficient (Wildman–Crippen LogP) is 3.90. The number of nitrogens with one attached hydrogen (secondary N) is 1. The van der Waals surface area contributed by atoms with Crippen molar-refractivity contribution in [2.45, 2.75) is 0 Å². The SMILES string of the molecule is OC(=Cc1nc2ccccc2[nH]1)c1cc(F)ccc1F. The topological polar surface area (TPSA) is 48.9 Å². The van der Waals surface area contributed by atoms with E-state index in [4.69, 9.17) is 0 Å². The number of fused-ring (bicyclic) bond motifs is 1. The van der Waals surface area contributed by atoms with E-state index >= 15 is 0 Å². The van der Waals surface area contributed by atoms with Gasteiger partial charge in [-0.3, -0.25) is 0 Å². The molecule has 0 atom stereocenters. The van der Waals surface area contributed by atoms with Gasteiger partial charge in [0.25, 0.3) is 0 Å². The number of hydrogen-bond acceptors (Lipinski definition) is 2. The molecule has 5 heteroatoms. The van der Waals surface area contributed by atoms with E-state index in [1.165, 1.54) is 6.08 Å². The number of halogens is 2. The minimum atomic E-state index is -0.698. The summed E-state index contributed by atoms with van der Waals surface area (Å²) in [5.41, 5.74) is 1.32. The molecule has 0 bridgehead atoms. The van der Waals surface area contributed by atoms with Crippen molar-refractivity contribution in [2.75, 3.05) is 0 Å². The molecule has 0 radical (unpaired) electrons. The van der Waals surface area contributed by atoms with Crippen LogP contribution in [0, 0.1) is 11.6 Å². The van der Waals surface area contributed by atoms with E-state index in [9.17, 15) is 13.9 Å². The molecular formula is C15H10F2N2O. The number of aliphatic hydroxyl groups is 1. The van der Waals surface area contributed by atoms with E-state index in [0.717, 1.165) is 29.2 Å². The van der Waals surface area contributed by atoms with Crippen LogP contribution in [-0.4, -0.2) is 15.1 Å². The number of imidazole rings is 1. The van der Waals surface area contributed by atoms with Crippen LogP contribution < -0.4 is 0 Å². The maximum Gasteiger partial charge on any atom is 0.134 e. The van der Waals surface area contributed by atoms with Crippen molar-refractivity contribution in [3.05, 3.63) is 65.5 Å². The molecule has 0 saturated heterocycles. The van der Waals surface area contributed by atoms with Gasteiger partial charge in [0, 0.05) is 6.08 Å². The monoisotopic (exact) mass is 272 g/mol. The maximum atomic E-state index is 13.5. The smallest absolute Gasteiger partial charge is 0.134 e. The molecule has 0 aliphatic heterocycles. The van der Waals surface area contributed by atoms with Crippen LogP contribution >= 0.6 is 0 Å². The van der Waals surface area contributed by atoms with Crippen molar-refractivity contribution < 1.29 is 13.9 Å². The van der Waals surface area contributed by atoms with Gasteiger partial charge in [-0.25, -0.2) is 13.8 Å². The van der Waals surface area contributed by atoms with Gasteiger partial charge in [0.05, 0.1) is 16.6 Å². The average Bonchev–Trinajstić information content (AvgIpc) is 2.83. The van der Waals surface area contributed by atoms with Gasteiger partial charge in [0.2, 0.25) is 0 Å². The molecule has 100 valence electrons. The Morgan fingerprint density at radius 2 is 1.95 bits per heavy atom. The van der Waals surface area contributed by atoms with E-state index in [-0.39, 0.29) is 11.3 Å². The Labute approximate surface area is 113 Å². The van der Waals surface area contributed by atoms with Gasteiger partial charge in [-0.2, -0.15) is 0 Å². The quantitative estimate of drug-likeness (QED) is 0.695. The van der Waals surface area contributed by atoms with Crippen molar-refractivity contribution >= 4 is 22.9 Å². The number of rotatable bonds is 2. The van der Waals surface area contributed by atoms with Crippen LogP contribution in [0.4, 0.5) is 8.78 Å². The number of benzene rings is 2. The maximum absolute atomic E-state index is 13.5. The number of H-pyrrole nitrogens is 1. The van der Waals surface area contributed by atoms with Crippen LogP contribution in [0.2, 0.25) is 0 Å². The van der Waals surface area contributed by atoms with Crippen molar-refractivity contribution in [1.82, 2.24) is 9.97 Å². The molecule has 3 aromatic rings. The number of nitrogens with zero attached hydrogens (tertiary/aromatic N) is 1. The van der Waals surface area contributed by atoms with E-state index in [0.29, 0.717) is 5.82 Å². The van der Waals surface area contributed by atoms with Gasteiger partial charge in [0.1, 0.15) is 23.2 Å². The van der Waals surface area contributed by atoms with Crippen LogP contribution in [0.3, 0.4) is 0 Å². The normalized spacial score (nSPS) is 12.0. The fraction of sp³-hybridized carbons (Fsp3) is 0. The summed E-state index contributed by atoms with van der Waals surface area (Å²) < 4.78 is 26.6. The minimum absolute atomic E-state index is 0.203. The first-order valence-corrected chi connectivity index (χ1v) is 5.94. The molecule has 0 unspecified atom stereocenters. The van der Waals surface area contributed by atoms with Crippen molar-refractivity contribution in [3.63, 3.8) is 0 Å². The van der Waals surface area contributed by atoms with Crippen molar-refractivity contribution in [2.24, 2.45) is 0 Å². The second-order valence-corrected chi connectivity index (χ2v) is 4.29. The summed E-state index contributed by atoms with van der Waals surface area (Å²) in [7, 11) is 0. The summed E-state index contributed by atoms with van der Waals surface area (Å²) in [6.45, 7) is 0. The minimum Gasteiger partial charge on any atom is -0.507 e. The second-order valence-electron chi connectivity index (χ2n) is 4.29. The molecule has 2 aromatic carbocycles. The zero-order chi connectivity index (χ0) is 14.1. The van der Waals surface area contributed by atoms with Crippen molar-refractivity contribution in [3.8, 4) is 0 Å². The van der Waals surface area contributed by atoms with Gasteiger partial charge in [0.15, 0.2) is 0 Å². The van der Waals surface area contributed by atoms with E-state index < -0.39 is 11.6 Å². The summed E-state index contributed by atoms with van der Waals surface area (Å²) in [5, 5.41) is 9.90. The lowest BCUT2D eigenvalue weighted by molar-refractivity contribution is 0.503. The molecule has 3 nitrogen and oxygen atoms in total. The fourth-order valence-electron chi connectivity index (χ4n) is 1.94. The Morgan fingerprint density at radius 1 is 1.15 bits per heavy atom. The summed E-state index contributed by atoms with van der Waals surface area (Å²) in [6, 6.07) is 10.2. The predicted molar refractivity (Wildman–Crippen MR) is 73.0 cm³/mol. The van der Waals surface area contributed by atoms with Crippen LogP contribution in [0.15, 0.2) is 42.5 Å². The third-order valence-electron chi connectivity index (χ3n) is 2.89.